The molecule has 27 heavy (non-hydrogen) atoms. The van der Waals surface area contributed by atoms with E-state index in [1.54, 1.807) is 48.0 Å². The summed E-state index contributed by atoms with van der Waals surface area (Å²) in [7, 11) is 1.69. The fourth-order valence-corrected chi connectivity index (χ4v) is 2.49. The van der Waals surface area contributed by atoms with E-state index >= 15 is 0 Å². The Hall–Kier alpha value is -3.68. The minimum Gasteiger partial charge on any atom is -0.493 e. The second-order valence-electron chi connectivity index (χ2n) is 5.72. The quantitative estimate of drug-likeness (QED) is 0.654. The highest BCUT2D eigenvalue weighted by molar-refractivity contribution is 5.95. The second-order valence-corrected chi connectivity index (χ2v) is 5.72. The van der Waals surface area contributed by atoms with Crippen molar-refractivity contribution in [3.8, 4) is 11.6 Å². The number of carbonyl (C=O) groups excluding carboxylic acids is 2. The summed E-state index contributed by atoms with van der Waals surface area (Å²) in [5.41, 5.74) is 0.975. The third-order valence-electron chi connectivity index (χ3n) is 3.86. The molecule has 0 radical (unpaired) electrons. The van der Waals surface area contributed by atoms with Crippen molar-refractivity contribution < 1.29 is 19.4 Å². The lowest BCUT2D eigenvalue weighted by Crippen LogP contribution is -2.32. The number of nitrogens with zero attached hydrogens (tertiary/aromatic N) is 3. The lowest BCUT2D eigenvalue weighted by Gasteiger charge is -2.05. The molecule has 0 unspecified atom stereocenters. The predicted octanol–water partition coefficient (Wildman–Crippen LogP) is 2.69. The van der Waals surface area contributed by atoms with E-state index in [0.29, 0.717) is 11.1 Å². The molecule has 8 nitrogen and oxygen atoms in total. The molecule has 0 atom stereocenters. The van der Waals surface area contributed by atoms with Gasteiger partial charge in [0.1, 0.15) is 12.3 Å². The van der Waals surface area contributed by atoms with E-state index in [4.69, 9.17) is 4.74 Å². The fourth-order valence-electron chi connectivity index (χ4n) is 2.49. The summed E-state index contributed by atoms with van der Waals surface area (Å²) in [5, 5.41) is 20.6. The number of azo groups is 1. The molecule has 138 valence electrons. The highest BCUT2D eigenvalue weighted by Gasteiger charge is 2.14. The molecule has 2 aromatic carbocycles. The van der Waals surface area contributed by atoms with Crippen molar-refractivity contribution >= 4 is 28.4 Å². The molecular formula is C19H18N4O4. The molecule has 0 saturated heterocycles. The van der Waals surface area contributed by atoms with Crippen LogP contribution in [0.4, 0.5) is 5.69 Å². The molecule has 0 spiro atoms. The Balaban J connectivity index is 1.55. The Kier molecular flexibility index (Phi) is 5.46. The van der Waals surface area contributed by atoms with Gasteiger partial charge in [0, 0.05) is 12.4 Å². The Morgan fingerprint density at radius 2 is 1.81 bits per heavy atom. The minimum absolute atomic E-state index is 0.0898. The number of hydrogen-bond donors (Lipinski definition) is 2. The molecule has 0 bridgehead atoms. The van der Waals surface area contributed by atoms with Gasteiger partial charge < -0.3 is 19.7 Å². The number of aromatic hydroxyl groups is 1. The number of amides is 2. The van der Waals surface area contributed by atoms with Crippen LogP contribution in [0, 0.1) is 0 Å². The monoisotopic (exact) mass is 366 g/mol. The van der Waals surface area contributed by atoms with Gasteiger partial charge in [-0.2, -0.15) is 0 Å². The molecule has 0 aliphatic carbocycles. The minimum atomic E-state index is -0.643. The van der Waals surface area contributed by atoms with Crippen molar-refractivity contribution in [3.05, 3.63) is 54.6 Å². The van der Waals surface area contributed by atoms with Crippen molar-refractivity contribution in [3.63, 3.8) is 0 Å². The van der Waals surface area contributed by atoms with E-state index in [0.717, 1.165) is 5.52 Å². The number of ether oxygens (including phenoxy) is 1. The number of rotatable bonds is 6. The molecule has 3 rings (SSSR count). The summed E-state index contributed by atoms with van der Waals surface area (Å²) < 4.78 is 6.84. The SMILES string of the molecule is Cn1c(O)c(N=NC(=O)CNC(=O)COc2ccccc2)c2ccccc21. The summed E-state index contributed by atoms with van der Waals surface area (Å²) in [5.74, 6) is -0.621. The average molecular weight is 366 g/mol. The van der Waals surface area contributed by atoms with Gasteiger partial charge in [0.15, 0.2) is 12.3 Å². The number of hydrogen-bond acceptors (Lipinski definition) is 5. The van der Waals surface area contributed by atoms with Gasteiger partial charge in [0.05, 0.1) is 5.52 Å². The largest absolute Gasteiger partial charge is 0.493 e. The topological polar surface area (TPSA) is 105 Å². The molecular weight excluding hydrogens is 348 g/mol. The standard InChI is InChI=1S/C19H18N4O4/c1-23-15-10-6-5-9-14(15)18(19(23)26)22-21-16(24)11-20-17(25)12-27-13-7-3-2-4-8-13/h2-10,26H,11-12H2,1H3,(H,20,25). The highest BCUT2D eigenvalue weighted by atomic mass is 16.5. The summed E-state index contributed by atoms with van der Waals surface area (Å²) in [6.45, 7) is -0.523. The first-order valence-electron chi connectivity index (χ1n) is 8.21. The van der Waals surface area contributed by atoms with Crippen LogP contribution in [-0.4, -0.2) is 34.6 Å². The zero-order chi connectivity index (χ0) is 19.2. The van der Waals surface area contributed by atoms with Crippen LogP contribution in [0.5, 0.6) is 11.6 Å². The summed E-state index contributed by atoms with van der Waals surface area (Å²) in [4.78, 5) is 23.6. The first-order valence-corrected chi connectivity index (χ1v) is 8.21. The van der Waals surface area contributed by atoms with Crippen molar-refractivity contribution in [1.82, 2.24) is 9.88 Å². The van der Waals surface area contributed by atoms with Gasteiger partial charge in [0.25, 0.3) is 11.8 Å². The van der Waals surface area contributed by atoms with Crippen LogP contribution in [0.2, 0.25) is 0 Å². The number of aromatic nitrogens is 1. The molecule has 3 aromatic rings. The third-order valence-corrected chi connectivity index (χ3v) is 3.86. The number of para-hydroxylation sites is 2. The zero-order valence-corrected chi connectivity index (χ0v) is 14.6. The number of benzene rings is 2. The van der Waals surface area contributed by atoms with Gasteiger partial charge in [-0.25, -0.2) is 0 Å². The molecule has 0 aliphatic rings. The number of aryl methyl sites for hydroxylation is 1. The van der Waals surface area contributed by atoms with Crippen LogP contribution in [0.15, 0.2) is 64.8 Å². The van der Waals surface area contributed by atoms with Crippen LogP contribution < -0.4 is 10.1 Å². The van der Waals surface area contributed by atoms with Gasteiger partial charge in [-0.05, 0) is 18.2 Å². The molecule has 0 saturated carbocycles. The third kappa shape index (κ3) is 4.30. The summed E-state index contributed by atoms with van der Waals surface area (Å²) in [6, 6.07) is 16.1. The predicted molar refractivity (Wildman–Crippen MR) is 99.1 cm³/mol. The number of carbonyl (C=O) groups is 2. The van der Waals surface area contributed by atoms with Crippen LogP contribution >= 0.6 is 0 Å². The van der Waals surface area contributed by atoms with Crippen LogP contribution in [-0.2, 0) is 16.6 Å². The summed E-state index contributed by atoms with van der Waals surface area (Å²) in [6.07, 6.45) is 0. The highest BCUT2D eigenvalue weighted by Crippen LogP contribution is 2.37. The Bertz CT molecular complexity index is 996. The maximum atomic E-state index is 11.8. The van der Waals surface area contributed by atoms with E-state index in [1.807, 2.05) is 18.2 Å². The fraction of sp³-hybridized carbons (Fsp3) is 0.158. The maximum Gasteiger partial charge on any atom is 0.283 e. The van der Waals surface area contributed by atoms with Crippen molar-refractivity contribution in [2.75, 3.05) is 13.2 Å². The van der Waals surface area contributed by atoms with E-state index in [9.17, 15) is 14.7 Å². The lowest BCUT2D eigenvalue weighted by atomic mass is 10.2. The van der Waals surface area contributed by atoms with Crippen LogP contribution in [0.1, 0.15) is 0 Å². The Labute approximate surface area is 155 Å². The normalized spacial score (nSPS) is 11.0. The molecule has 8 heteroatoms. The molecule has 2 N–H and O–H groups in total. The van der Waals surface area contributed by atoms with Gasteiger partial charge in [0.2, 0.25) is 5.88 Å². The first-order chi connectivity index (χ1) is 13.1. The Morgan fingerprint density at radius 3 is 2.59 bits per heavy atom. The lowest BCUT2D eigenvalue weighted by molar-refractivity contribution is -0.126. The van der Waals surface area contributed by atoms with Crippen molar-refractivity contribution in [2.45, 2.75) is 0 Å². The molecule has 0 aliphatic heterocycles. The first kappa shape index (κ1) is 18.1. The molecule has 0 fully saturated rings. The summed E-state index contributed by atoms with van der Waals surface area (Å²) >= 11 is 0. The van der Waals surface area contributed by atoms with Gasteiger partial charge >= 0.3 is 0 Å². The van der Waals surface area contributed by atoms with Gasteiger partial charge in [-0.15, -0.1) is 10.2 Å². The molecule has 2 amide bonds. The van der Waals surface area contributed by atoms with Crippen LogP contribution in [0.25, 0.3) is 10.9 Å². The van der Waals surface area contributed by atoms with Crippen LogP contribution in [0.3, 0.4) is 0 Å². The number of nitrogens with one attached hydrogen (secondary N) is 1. The van der Waals surface area contributed by atoms with Gasteiger partial charge in [-0.1, -0.05) is 36.4 Å². The smallest absolute Gasteiger partial charge is 0.283 e. The zero-order valence-electron chi connectivity index (χ0n) is 14.6. The van der Waals surface area contributed by atoms with E-state index in [2.05, 4.69) is 15.5 Å². The van der Waals surface area contributed by atoms with E-state index < -0.39 is 11.8 Å². The molecule has 1 aromatic heterocycles. The van der Waals surface area contributed by atoms with Crippen molar-refractivity contribution in [1.29, 1.82) is 0 Å². The Morgan fingerprint density at radius 1 is 1.11 bits per heavy atom. The molecule has 1 heterocycles. The van der Waals surface area contributed by atoms with Gasteiger partial charge in [-0.3, -0.25) is 9.59 Å². The second kappa shape index (κ2) is 8.13. The van der Waals surface area contributed by atoms with E-state index in [-0.39, 0.29) is 24.7 Å². The number of fused-ring (bicyclic) bond motifs is 1. The average Bonchev–Trinajstić information content (AvgIpc) is 2.94. The maximum absolute atomic E-state index is 11.8. The van der Waals surface area contributed by atoms with E-state index in [1.165, 1.54) is 0 Å². The van der Waals surface area contributed by atoms with Crippen molar-refractivity contribution in [2.24, 2.45) is 17.3 Å².